The average Bonchev–Trinajstić information content (AvgIpc) is 3.40. The first kappa shape index (κ1) is 17.2. The van der Waals surface area contributed by atoms with Crippen LogP contribution in [0.3, 0.4) is 0 Å². The second kappa shape index (κ2) is 7.54. The maximum atomic E-state index is 5.97. The van der Waals surface area contributed by atoms with Crippen molar-refractivity contribution in [2.45, 2.75) is 32.2 Å². The zero-order valence-corrected chi connectivity index (χ0v) is 15.7. The van der Waals surface area contributed by atoms with E-state index in [-0.39, 0.29) is 6.04 Å². The average molecular weight is 352 g/mol. The first-order valence-corrected chi connectivity index (χ1v) is 9.63. The molecule has 2 aliphatic rings. The number of para-hydroxylation sites is 1. The Morgan fingerprint density at radius 1 is 1.15 bits per heavy atom. The molecule has 3 heterocycles. The van der Waals surface area contributed by atoms with Gasteiger partial charge in [-0.1, -0.05) is 18.2 Å². The summed E-state index contributed by atoms with van der Waals surface area (Å²) in [6.45, 7) is 6.07. The standard InChI is InChI=1S/C21H28N4O/c1-16-9-10-20(26-16)19(24-12-5-6-13-24)15-23-21(22-2)25-14-11-17-7-3-4-8-18(17)25/h3-4,7-10,19H,5-6,11-15H2,1-2H3,(H,22,23). The molecule has 5 heteroatoms. The van der Waals surface area contributed by atoms with E-state index in [2.05, 4.69) is 56.5 Å². The number of fused-ring (bicyclic) bond motifs is 1. The first-order chi connectivity index (χ1) is 12.8. The van der Waals surface area contributed by atoms with Gasteiger partial charge in [0.25, 0.3) is 0 Å². The van der Waals surface area contributed by atoms with Gasteiger partial charge >= 0.3 is 0 Å². The van der Waals surface area contributed by atoms with Crippen molar-refractivity contribution in [3.8, 4) is 0 Å². The fourth-order valence-corrected chi connectivity index (χ4v) is 4.14. The van der Waals surface area contributed by atoms with Crippen molar-refractivity contribution >= 4 is 11.6 Å². The van der Waals surface area contributed by atoms with Gasteiger partial charge in [-0.15, -0.1) is 0 Å². The molecule has 1 aromatic heterocycles. The van der Waals surface area contributed by atoms with E-state index >= 15 is 0 Å². The maximum absolute atomic E-state index is 5.97. The van der Waals surface area contributed by atoms with Crippen LogP contribution in [0.1, 0.15) is 36.0 Å². The Labute approximate surface area is 155 Å². The van der Waals surface area contributed by atoms with Crippen molar-refractivity contribution in [1.29, 1.82) is 0 Å². The van der Waals surface area contributed by atoms with Crippen molar-refractivity contribution < 1.29 is 4.42 Å². The van der Waals surface area contributed by atoms with Crippen molar-refractivity contribution in [3.05, 3.63) is 53.5 Å². The highest BCUT2D eigenvalue weighted by Crippen LogP contribution is 2.29. The second-order valence-corrected chi connectivity index (χ2v) is 7.17. The number of aryl methyl sites for hydroxylation is 1. The van der Waals surface area contributed by atoms with Gasteiger partial charge < -0.3 is 14.6 Å². The molecule has 1 atom stereocenters. The maximum Gasteiger partial charge on any atom is 0.198 e. The van der Waals surface area contributed by atoms with Crippen LogP contribution in [0.15, 0.2) is 45.8 Å². The van der Waals surface area contributed by atoms with Crippen LogP contribution >= 0.6 is 0 Å². The molecule has 4 rings (SSSR count). The second-order valence-electron chi connectivity index (χ2n) is 7.17. The van der Waals surface area contributed by atoms with E-state index in [1.54, 1.807) is 0 Å². The van der Waals surface area contributed by atoms with Crippen molar-refractivity contribution in [3.63, 3.8) is 0 Å². The summed E-state index contributed by atoms with van der Waals surface area (Å²) in [7, 11) is 1.87. The Bertz CT molecular complexity index is 776. The van der Waals surface area contributed by atoms with Gasteiger partial charge in [0.2, 0.25) is 0 Å². The van der Waals surface area contributed by atoms with Gasteiger partial charge in [-0.05, 0) is 63.0 Å². The third-order valence-electron chi connectivity index (χ3n) is 5.48. The van der Waals surface area contributed by atoms with E-state index in [1.807, 2.05) is 14.0 Å². The summed E-state index contributed by atoms with van der Waals surface area (Å²) >= 11 is 0. The van der Waals surface area contributed by atoms with Crippen LogP contribution in [0.2, 0.25) is 0 Å². The topological polar surface area (TPSA) is 44.0 Å². The highest BCUT2D eigenvalue weighted by Gasteiger charge is 2.28. The van der Waals surface area contributed by atoms with Gasteiger partial charge in [-0.3, -0.25) is 9.89 Å². The molecule has 0 bridgehead atoms. The molecule has 0 amide bonds. The molecular formula is C21H28N4O. The van der Waals surface area contributed by atoms with E-state index in [9.17, 15) is 0 Å². The van der Waals surface area contributed by atoms with Crippen LogP contribution < -0.4 is 10.2 Å². The summed E-state index contributed by atoms with van der Waals surface area (Å²) in [6, 6.07) is 13.0. The minimum Gasteiger partial charge on any atom is -0.465 e. The van der Waals surface area contributed by atoms with Gasteiger partial charge in [0.1, 0.15) is 11.5 Å². The predicted octanol–water partition coefficient (Wildman–Crippen LogP) is 3.36. The lowest BCUT2D eigenvalue weighted by atomic mass is 10.2. The minimum absolute atomic E-state index is 0.251. The zero-order valence-electron chi connectivity index (χ0n) is 15.7. The molecule has 2 aromatic rings. The highest BCUT2D eigenvalue weighted by molar-refractivity contribution is 5.97. The van der Waals surface area contributed by atoms with Crippen LogP contribution in [0, 0.1) is 6.92 Å². The van der Waals surface area contributed by atoms with Crippen LogP contribution in [-0.4, -0.2) is 44.1 Å². The zero-order chi connectivity index (χ0) is 17.9. The Morgan fingerprint density at radius 3 is 2.69 bits per heavy atom. The lowest BCUT2D eigenvalue weighted by Crippen LogP contribution is -2.44. The number of rotatable bonds is 4. The van der Waals surface area contributed by atoms with E-state index in [0.717, 1.165) is 50.1 Å². The van der Waals surface area contributed by atoms with Gasteiger partial charge in [0, 0.05) is 25.8 Å². The molecule has 0 spiro atoms. The largest absolute Gasteiger partial charge is 0.465 e. The predicted molar refractivity (Wildman–Crippen MR) is 106 cm³/mol. The minimum atomic E-state index is 0.251. The first-order valence-electron chi connectivity index (χ1n) is 9.63. The highest BCUT2D eigenvalue weighted by atomic mass is 16.3. The quantitative estimate of drug-likeness (QED) is 0.677. The summed E-state index contributed by atoms with van der Waals surface area (Å²) in [5, 5.41) is 3.61. The summed E-state index contributed by atoms with van der Waals surface area (Å²) in [5.74, 6) is 2.97. The number of nitrogens with one attached hydrogen (secondary N) is 1. The number of aliphatic imine (C=N–C) groups is 1. The lowest BCUT2D eigenvalue weighted by molar-refractivity contribution is 0.214. The molecule has 5 nitrogen and oxygen atoms in total. The molecule has 1 saturated heterocycles. The van der Waals surface area contributed by atoms with Crippen LogP contribution in [0.4, 0.5) is 5.69 Å². The van der Waals surface area contributed by atoms with Gasteiger partial charge in [0.05, 0.1) is 6.04 Å². The third-order valence-corrected chi connectivity index (χ3v) is 5.48. The number of guanidine groups is 1. The van der Waals surface area contributed by atoms with Crippen LogP contribution in [0.5, 0.6) is 0 Å². The monoisotopic (exact) mass is 352 g/mol. The van der Waals surface area contributed by atoms with E-state index in [4.69, 9.17) is 4.42 Å². The number of hydrogen-bond donors (Lipinski definition) is 1. The third kappa shape index (κ3) is 3.36. The smallest absolute Gasteiger partial charge is 0.198 e. The number of anilines is 1. The Balaban J connectivity index is 1.49. The van der Waals surface area contributed by atoms with Crippen molar-refractivity contribution in [1.82, 2.24) is 10.2 Å². The van der Waals surface area contributed by atoms with Crippen molar-refractivity contribution in [2.24, 2.45) is 4.99 Å². The van der Waals surface area contributed by atoms with Crippen LogP contribution in [0.25, 0.3) is 0 Å². The normalized spacial score (nSPS) is 19.0. The Hall–Kier alpha value is -2.27. The van der Waals surface area contributed by atoms with Gasteiger partial charge in [-0.25, -0.2) is 0 Å². The molecular weight excluding hydrogens is 324 g/mol. The number of likely N-dealkylation sites (tertiary alicyclic amines) is 1. The summed E-state index contributed by atoms with van der Waals surface area (Å²) in [6.07, 6.45) is 3.61. The molecule has 1 N–H and O–H groups in total. The van der Waals surface area contributed by atoms with Gasteiger partial charge in [0.15, 0.2) is 5.96 Å². The molecule has 0 saturated carbocycles. The van der Waals surface area contributed by atoms with E-state index in [0.29, 0.717) is 0 Å². The lowest BCUT2D eigenvalue weighted by Gasteiger charge is -2.29. The fraction of sp³-hybridized carbons (Fsp3) is 0.476. The number of benzene rings is 1. The molecule has 1 aromatic carbocycles. The molecule has 1 unspecified atom stereocenters. The molecule has 0 radical (unpaired) electrons. The van der Waals surface area contributed by atoms with E-state index < -0.39 is 0 Å². The van der Waals surface area contributed by atoms with Crippen molar-refractivity contribution in [2.75, 3.05) is 38.1 Å². The Kier molecular flexibility index (Phi) is 4.98. The molecule has 138 valence electrons. The number of furan rings is 1. The summed E-state index contributed by atoms with van der Waals surface area (Å²) in [4.78, 5) is 9.37. The number of nitrogens with zero attached hydrogens (tertiary/aromatic N) is 3. The van der Waals surface area contributed by atoms with Crippen LogP contribution in [-0.2, 0) is 6.42 Å². The molecule has 1 fully saturated rings. The molecule has 2 aliphatic heterocycles. The molecule has 26 heavy (non-hydrogen) atoms. The SMILES string of the molecule is CN=C(NCC(c1ccc(C)o1)N1CCCC1)N1CCc2ccccc21. The van der Waals surface area contributed by atoms with E-state index in [1.165, 1.54) is 24.1 Å². The Morgan fingerprint density at radius 2 is 1.96 bits per heavy atom. The summed E-state index contributed by atoms with van der Waals surface area (Å²) < 4.78 is 5.97. The fourth-order valence-electron chi connectivity index (χ4n) is 4.14. The summed E-state index contributed by atoms with van der Waals surface area (Å²) in [5.41, 5.74) is 2.67. The van der Waals surface area contributed by atoms with Gasteiger partial charge in [-0.2, -0.15) is 0 Å². The molecule has 0 aliphatic carbocycles. The number of hydrogen-bond acceptors (Lipinski definition) is 3.